The van der Waals surface area contributed by atoms with Gasteiger partial charge in [0.15, 0.2) is 0 Å². The second kappa shape index (κ2) is 10.4. The van der Waals surface area contributed by atoms with Gasteiger partial charge in [-0.1, -0.05) is 74.5 Å². The van der Waals surface area contributed by atoms with Gasteiger partial charge in [-0.25, -0.2) is 10.0 Å². The SMILES string of the molecule is CCN(CC)CC[C@]1(c2ccccc2)C(=O)N(N(C)Cc2ccc(OC)cc2)c2ccccc21. The molecule has 5 heteroatoms. The highest BCUT2D eigenvalue weighted by Gasteiger charge is 2.52. The summed E-state index contributed by atoms with van der Waals surface area (Å²) in [5.74, 6) is 0.941. The fraction of sp³-hybridized carbons (Fsp3) is 0.345. The van der Waals surface area contributed by atoms with Crippen LogP contribution in [-0.4, -0.2) is 49.6 Å². The van der Waals surface area contributed by atoms with Gasteiger partial charge in [0.25, 0.3) is 5.91 Å². The van der Waals surface area contributed by atoms with Crippen LogP contribution in [0.1, 0.15) is 37.0 Å². The molecule has 1 heterocycles. The standard InChI is InChI=1S/C29H35N3O2/c1-5-31(6-2)21-20-29(24-12-8-7-9-13-24)26-14-10-11-15-27(26)32(28(29)33)30(3)22-23-16-18-25(34-4)19-17-23/h7-19H,5-6,20-22H2,1-4H3/t29-/m1/s1. The number of amides is 1. The first-order valence-electron chi connectivity index (χ1n) is 12.1. The van der Waals surface area contributed by atoms with Crippen molar-refractivity contribution in [2.45, 2.75) is 32.2 Å². The van der Waals surface area contributed by atoms with Gasteiger partial charge in [0.1, 0.15) is 11.2 Å². The maximum absolute atomic E-state index is 14.5. The minimum atomic E-state index is -0.714. The van der Waals surface area contributed by atoms with Crippen molar-refractivity contribution in [2.75, 3.05) is 38.8 Å². The number of hydrogen-bond donors (Lipinski definition) is 0. The number of nitrogens with zero attached hydrogens (tertiary/aromatic N) is 3. The summed E-state index contributed by atoms with van der Waals surface area (Å²) in [7, 11) is 3.66. The molecule has 0 radical (unpaired) electrons. The molecule has 4 rings (SSSR count). The zero-order valence-corrected chi connectivity index (χ0v) is 20.7. The number of fused-ring (bicyclic) bond motifs is 1. The summed E-state index contributed by atoms with van der Waals surface area (Å²) in [6.07, 6.45) is 0.738. The molecule has 0 saturated heterocycles. The smallest absolute Gasteiger partial charge is 0.256 e. The van der Waals surface area contributed by atoms with Crippen molar-refractivity contribution in [3.05, 3.63) is 95.6 Å². The number of para-hydroxylation sites is 1. The van der Waals surface area contributed by atoms with E-state index in [9.17, 15) is 4.79 Å². The Bertz CT molecular complexity index is 1100. The topological polar surface area (TPSA) is 36.0 Å². The van der Waals surface area contributed by atoms with E-state index in [1.807, 2.05) is 71.7 Å². The van der Waals surface area contributed by atoms with E-state index in [2.05, 4.69) is 43.0 Å². The molecule has 0 aliphatic carbocycles. The number of benzene rings is 3. The van der Waals surface area contributed by atoms with Crippen LogP contribution in [0.4, 0.5) is 5.69 Å². The highest BCUT2D eigenvalue weighted by Crippen LogP contribution is 2.49. The van der Waals surface area contributed by atoms with Crippen LogP contribution in [0.25, 0.3) is 0 Å². The van der Waals surface area contributed by atoms with Gasteiger partial charge in [-0.2, -0.15) is 0 Å². The molecular weight excluding hydrogens is 422 g/mol. The van der Waals surface area contributed by atoms with Gasteiger partial charge >= 0.3 is 0 Å². The van der Waals surface area contributed by atoms with Crippen molar-refractivity contribution < 1.29 is 9.53 Å². The number of methoxy groups -OCH3 is 1. The van der Waals surface area contributed by atoms with E-state index in [1.54, 1.807) is 7.11 Å². The third-order valence-electron chi connectivity index (χ3n) is 7.03. The van der Waals surface area contributed by atoms with Crippen LogP contribution in [0.3, 0.4) is 0 Å². The minimum absolute atomic E-state index is 0.114. The van der Waals surface area contributed by atoms with Crippen molar-refractivity contribution in [3.63, 3.8) is 0 Å². The number of carbonyl (C=O) groups is 1. The van der Waals surface area contributed by atoms with Crippen molar-refractivity contribution >= 4 is 11.6 Å². The molecule has 1 atom stereocenters. The van der Waals surface area contributed by atoms with Crippen molar-refractivity contribution in [3.8, 4) is 5.75 Å². The van der Waals surface area contributed by atoms with E-state index in [0.717, 1.165) is 54.2 Å². The fourth-order valence-corrected chi connectivity index (χ4v) is 5.08. The molecule has 3 aromatic rings. The highest BCUT2D eigenvalue weighted by atomic mass is 16.5. The summed E-state index contributed by atoms with van der Waals surface area (Å²) in [4.78, 5) is 16.8. The van der Waals surface area contributed by atoms with Gasteiger partial charge in [-0.3, -0.25) is 4.79 Å². The van der Waals surface area contributed by atoms with Gasteiger partial charge in [0.05, 0.1) is 12.8 Å². The molecule has 178 valence electrons. The number of ether oxygens (including phenoxy) is 1. The first kappa shape index (κ1) is 24.0. The lowest BCUT2D eigenvalue weighted by Crippen LogP contribution is -2.49. The molecule has 3 aromatic carbocycles. The Morgan fingerprint density at radius 2 is 1.53 bits per heavy atom. The Kier molecular flexibility index (Phi) is 7.35. The molecular formula is C29H35N3O2. The van der Waals surface area contributed by atoms with Crippen molar-refractivity contribution in [2.24, 2.45) is 0 Å². The van der Waals surface area contributed by atoms with Crippen LogP contribution in [-0.2, 0) is 16.8 Å². The Morgan fingerprint density at radius 1 is 0.882 bits per heavy atom. The number of rotatable bonds is 10. The molecule has 1 aliphatic heterocycles. The van der Waals surface area contributed by atoms with E-state index in [1.165, 1.54) is 0 Å². The molecule has 0 unspecified atom stereocenters. The Morgan fingerprint density at radius 3 is 2.18 bits per heavy atom. The average Bonchev–Trinajstić information content (AvgIpc) is 3.14. The molecule has 0 fully saturated rings. The van der Waals surface area contributed by atoms with Gasteiger partial charge in [0.2, 0.25) is 0 Å². The molecule has 34 heavy (non-hydrogen) atoms. The molecule has 0 aromatic heterocycles. The van der Waals surface area contributed by atoms with Crippen LogP contribution < -0.4 is 9.75 Å². The largest absolute Gasteiger partial charge is 0.497 e. The van der Waals surface area contributed by atoms with E-state index in [-0.39, 0.29) is 5.91 Å². The van der Waals surface area contributed by atoms with Gasteiger partial charge in [0, 0.05) is 13.6 Å². The first-order chi connectivity index (χ1) is 16.5. The van der Waals surface area contributed by atoms with Crippen LogP contribution >= 0.6 is 0 Å². The normalized spacial score (nSPS) is 17.5. The maximum Gasteiger partial charge on any atom is 0.256 e. The summed E-state index contributed by atoms with van der Waals surface area (Å²) in [5, 5.41) is 3.92. The number of anilines is 1. The lowest BCUT2D eigenvalue weighted by atomic mass is 9.72. The molecule has 0 spiro atoms. The van der Waals surface area contributed by atoms with Crippen LogP contribution in [0.15, 0.2) is 78.9 Å². The third-order valence-corrected chi connectivity index (χ3v) is 7.03. The summed E-state index contributed by atoms with van der Waals surface area (Å²) >= 11 is 0. The van der Waals surface area contributed by atoms with Crippen molar-refractivity contribution in [1.82, 2.24) is 9.91 Å². The summed E-state index contributed by atoms with van der Waals surface area (Å²) in [6.45, 7) is 7.77. The van der Waals surface area contributed by atoms with Crippen LogP contribution in [0, 0.1) is 0 Å². The lowest BCUT2D eigenvalue weighted by Gasteiger charge is -2.34. The van der Waals surface area contributed by atoms with E-state index >= 15 is 0 Å². The quantitative estimate of drug-likeness (QED) is 0.424. The van der Waals surface area contributed by atoms with Crippen molar-refractivity contribution in [1.29, 1.82) is 0 Å². The lowest BCUT2D eigenvalue weighted by molar-refractivity contribution is -0.125. The Balaban J connectivity index is 1.74. The number of hydrazine groups is 1. The van der Waals surface area contributed by atoms with E-state index < -0.39 is 5.41 Å². The zero-order chi connectivity index (χ0) is 24.1. The van der Waals surface area contributed by atoms with E-state index in [4.69, 9.17) is 4.74 Å². The monoisotopic (exact) mass is 457 g/mol. The van der Waals surface area contributed by atoms with Gasteiger partial charge in [-0.15, -0.1) is 0 Å². The number of carbonyl (C=O) groups excluding carboxylic acids is 1. The summed E-state index contributed by atoms with van der Waals surface area (Å²) in [5.41, 5.74) is 3.51. The first-order valence-corrected chi connectivity index (χ1v) is 12.1. The second-order valence-corrected chi connectivity index (χ2v) is 8.85. The third kappa shape index (κ3) is 4.33. The molecule has 1 aliphatic rings. The van der Waals surface area contributed by atoms with E-state index in [0.29, 0.717) is 6.54 Å². The molecule has 5 nitrogen and oxygen atoms in total. The fourth-order valence-electron chi connectivity index (χ4n) is 5.08. The highest BCUT2D eigenvalue weighted by molar-refractivity contribution is 6.09. The maximum atomic E-state index is 14.5. The average molecular weight is 458 g/mol. The summed E-state index contributed by atoms with van der Waals surface area (Å²) in [6, 6.07) is 26.6. The zero-order valence-electron chi connectivity index (χ0n) is 20.7. The second-order valence-electron chi connectivity index (χ2n) is 8.85. The van der Waals surface area contributed by atoms with Crippen LogP contribution in [0.5, 0.6) is 5.75 Å². The van der Waals surface area contributed by atoms with Crippen LogP contribution in [0.2, 0.25) is 0 Å². The number of hydrogen-bond acceptors (Lipinski definition) is 4. The van der Waals surface area contributed by atoms with Gasteiger partial charge in [-0.05, 0) is 60.9 Å². The predicted octanol–water partition coefficient (Wildman–Crippen LogP) is 5.11. The summed E-state index contributed by atoms with van der Waals surface area (Å²) < 4.78 is 5.30. The Labute approximate surface area is 203 Å². The molecule has 0 bridgehead atoms. The van der Waals surface area contributed by atoms with Gasteiger partial charge < -0.3 is 9.64 Å². The Hall–Kier alpha value is -3.15. The molecule has 0 N–H and O–H groups in total. The predicted molar refractivity (Wildman–Crippen MR) is 138 cm³/mol. The minimum Gasteiger partial charge on any atom is -0.497 e. The molecule has 1 amide bonds. The molecule has 0 saturated carbocycles.